The van der Waals surface area contributed by atoms with Crippen molar-refractivity contribution < 1.29 is 34.2 Å². The molecule has 0 aliphatic carbocycles. The Balaban J connectivity index is 5.46. The van der Waals surface area contributed by atoms with Crippen LogP contribution in [0.15, 0.2) is 4.99 Å². The number of hydrogen-bond donors (Lipinski definition) is 9. The van der Waals surface area contributed by atoms with Crippen molar-refractivity contribution in [2.24, 2.45) is 27.9 Å². The molecule has 0 aliphatic heterocycles. The summed E-state index contributed by atoms with van der Waals surface area (Å²) >= 11 is 1.41. The number of aliphatic hydroxyl groups excluding tert-OH is 1. The average molecular weight is 521 g/mol. The summed E-state index contributed by atoms with van der Waals surface area (Å²) in [5.41, 5.74) is 21.1. The van der Waals surface area contributed by atoms with Gasteiger partial charge in [-0.2, -0.15) is 11.8 Å². The van der Waals surface area contributed by atoms with Crippen LogP contribution in [-0.2, 0) is 24.0 Å². The minimum Gasteiger partial charge on any atom is -0.480 e. The van der Waals surface area contributed by atoms with Gasteiger partial charge in [0, 0.05) is 13.0 Å². The number of amides is 4. The maximum absolute atomic E-state index is 12.9. The number of nitrogens with zero attached hydrogens (tertiary/aromatic N) is 1. The molecule has 13 N–H and O–H groups in total. The molecule has 0 saturated heterocycles. The van der Waals surface area contributed by atoms with E-state index in [2.05, 4.69) is 20.9 Å². The molecule has 16 heteroatoms. The summed E-state index contributed by atoms with van der Waals surface area (Å²) in [4.78, 5) is 64.3. The number of aliphatic imine (C=N–C) groups is 1. The van der Waals surface area contributed by atoms with Crippen LogP contribution in [0.3, 0.4) is 0 Å². The lowest BCUT2D eigenvalue weighted by Gasteiger charge is -2.25. The van der Waals surface area contributed by atoms with Gasteiger partial charge in [-0.25, -0.2) is 4.79 Å². The lowest BCUT2D eigenvalue weighted by Crippen LogP contribution is -2.57. The zero-order chi connectivity index (χ0) is 27.0. The SMILES string of the molecule is CSCCC(NC(=O)C(N)CO)C(=O)NC(CCC(N)=O)C(=O)NC(CCCN=C(N)N)C(=O)O. The number of nitrogens with one attached hydrogen (secondary N) is 3. The molecular weight excluding hydrogens is 484 g/mol. The number of carboxylic acid groups (broad SMARTS) is 1. The van der Waals surface area contributed by atoms with Gasteiger partial charge >= 0.3 is 5.97 Å². The van der Waals surface area contributed by atoms with Crippen molar-refractivity contribution in [3.05, 3.63) is 0 Å². The first-order chi connectivity index (χ1) is 16.4. The summed E-state index contributed by atoms with van der Waals surface area (Å²) in [7, 11) is 0. The van der Waals surface area contributed by atoms with Crippen LogP contribution >= 0.6 is 11.8 Å². The minimum atomic E-state index is -1.31. The lowest BCUT2D eigenvalue weighted by molar-refractivity contribution is -0.142. The van der Waals surface area contributed by atoms with E-state index in [4.69, 9.17) is 28.0 Å². The number of carbonyl (C=O) groups excluding carboxylic acids is 4. The summed E-state index contributed by atoms with van der Waals surface area (Å²) < 4.78 is 0. The van der Waals surface area contributed by atoms with Gasteiger partial charge in [-0.3, -0.25) is 24.2 Å². The molecule has 0 radical (unpaired) electrons. The van der Waals surface area contributed by atoms with Crippen LogP contribution in [0, 0.1) is 0 Å². The van der Waals surface area contributed by atoms with E-state index in [1.54, 1.807) is 6.26 Å². The van der Waals surface area contributed by atoms with Gasteiger partial charge in [0.25, 0.3) is 0 Å². The number of rotatable bonds is 18. The third-order valence-electron chi connectivity index (χ3n) is 4.65. The van der Waals surface area contributed by atoms with E-state index in [0.717, 1.165) is 0 Å². The number of primary amides is 1. The summed E-state index contributed by atoms with van der Waals surface area (Å²) in [5, 5.41) is 25.7. The maximum Gasteiger partial charge on any atom is 0.326 e. The predicted molar refractivity (Wildman–Crippen MR) is 130 cm³/mol. The van der Waals surface area contributed by atoms with Crippen molar-refractivity contribution in [3.8, 4) is 0 Å². The van der Waals surface area contributed by atoms with E-state index < -0.39 is 60.4 Å². The van der Waals surface area contributed by atoms with E-state index in [1.165, 1.54) is 11.8 Å². The number of guanidine groups is 1. The fraction of sp³-hybridized carbons (Fsp3) is 0.684. The first kappa shape index (κ1) is 31.9. The number of aliphatic carboxylic acids is 1. The van der Waals surface area contributed by atoms with Crippen LogP contribution in [0.2, 0.25) is 0 Å². The Bertz CT molecular complexity index is 763. The Hall–Kier alpha value is -3.11. The smallest absolute Gasteiger partial charge is 0.326 e. The van der Waals surface area contributed by atoms with Gasteiger partial charge in [-0.1, -0.05) is 0 Å². The number of carboxylic acids is 1. The van der Waals surface area contributed by atoms with Crippen LogP contribution in [0.4, 0.5) is 0 Å². The molecule has 0 aromatic rings. The third-order valence-corrected chi connectivity index (χ3v) is 5.29. The molecule has 0 bridgehead atoms. The quantitative estimate of drug-likeness (QED) is 0.0475. The average Bonchev–Trinajstić information content (AvgIpc) is 2.79. The first-order valence-electron chi connectivity index (χ1n) is 10.8. The molecular formula is C19H36N8O7S. The van der Waals surface area contributed by atoms with Crippen LogP contribution in [-0.4, -0.2) is 95.1 Å². The highest BCUT2D eigenvalue weighted by Gasteiger charge is 2.30. The fourth-order valence-corrected chi connectivity index (χ4v) is 3.20. The van der Waals surface area contributed by atoms with Gasteiger partial charge < -0.3 is 49.1 Å². The van der Waals surface area contributed by atoms with E-state index in [1.807, 2.05) is 0 Å². The first-order valence-corrected chi connectivity index (χ1v) is 12.1. The highest BCUT2D eigenvalue weighted by atomic mass is 32.2. The number of hydrogen-bond acceptors (Lipinski definition) is 9. The van der Waals surface area contributed by atoms with Crippen molar-refractivity contribution in [2.45, 2.75) is 56.3 Å². The Morgan fingerprint density at radius 1 is 0.886 bits per heavy atom. The standard InChI is InChI=1S/C19H36N8O7S/c1-35-8-6-12(25-15(30)10(20)9-28)17(32)26-11(4-5-14(21)29)16(31)27-13(18(33)34)3-2-7-24-19(22)23/h10-13,28H,2-9,20H2,1H3,(H2,21,29)(H,25,30)(H,26,32)(H,27,31)(H,33,34)(H4,22,23,24). The monoisotopic (exact) mass is 520 g/mol. The van der Waals surface area contributed by atoms with Gasteiger partial charge in [-0.15, -0.1) is 0 Å². The van der Waals surface area contributed by atoms with Crippen LogP contribution in [0.1, 0.15) is 32.1 Å². The molecule has 0 heterocycles. The van der Waals surface area contributed by atoms with Crippen LogP contribution in [0.25, 0.3) is 0 Å². The Labute approximate surface area is 207 Å². The Kier molecular flexibility index (Phi) is 15.8. The zero-order valence-electron chi connectivity index (χ0n) is 19.6. The third kappa shape index (κ3) is 14.0. The maximum atomic E-state index is 12.9. The molecule has 0 aromatic carbocycles. The van der Waals surface area contributed by atoms with Crippen LogP contribution < -0.4 is 38.9 Å². The van der Waals surface area contributed by atoms with Gasteiger partial charge in [-0.05, 0) is 37.7 Å². The highest BCUT2D eigenvalue weighted by Crippen LogP contribution is 2.06. The van der Waals surface area contributed by atoms with Crippen molar-refractivity contribution in [3.63, 3.8) is 0 Å². The second kappa shape index (κ2) is 17.3. The lowest BCUT2D eigenvalue weighted by atomic mass is 10.1. The number of aliphatic hydroxyl groups is 1. The molecule has 0 aliphatic rings. The second-order valence-electron chi connectivity index (χ2n) is 7.55. The molecule has 4 atom stereocenters. The minimum absolute atomic E-state index is 0.000205. The molecule has 0 fully saturated rings. The molecule has 0 rings (SSSR count). The van der Waals surface area contributed by atoms with Gasteiger partial charge in [0.05, 0.1) is 6.61 Å². The highest BCUT2D eigenvalue weighted by molar-refractivity contribution is 7.98. The van der Waals surface area contributed by atoms with Crippen molar-refractivity contribution in [1.29, 1.82) is 0 Å². The number of nitrogens with two attached hydrogens (primary N) is 4. The van der Waals surface area contributed by atoms with Crippen LogP contribution in [0.5, 0.6) is 0 Å². The van der Waals surface area contributed by atoms with Gasteiger partial charge in [0.15, 0.2) is 5.96 Å². The molecule has 0 spiro atoms. The number of carbonyl (C=O) groups is 5. The number of thioether (sulfide) groups is 1. The predicted octanol–water partition coefficient (Wildman–Crippen LogP) is -4.08. The van der Waals surface area contributed by atoms with E-state index >= 15 is 0 Å². The Morgan fingerprint density at radius 3 is 1.91 bits per heavy atom. The summed E-state index contributed by atoms with van der Waals surface area (Å²) in [5.74, 6) is -4.09. The van der Waals surface area contributed by atoms with Gasteiger partial charge in [0.1, 0.15) is 24.2 Å². The molecule has 200 valence electrons. The normalized spacial score (nSPS) is 14.0. The topological polar surface area (TPSA) is 278 Å². The fourth-order valence-electron chi connectivity index (χ4n) is 2.73. The molecule has 4 unspecified atom stereocenters. The van der Waals surface area contributed by atoms with E-state index in [-0.39, 0.29) is 44.6 Å². The van der Waals surface area contributed by atoms with E-state index in [9.17, 15) is 29.1 Å². The van der Waals surface area contributed by atoms with Crippen molar-refractivity contribution in [1.82, 2.24) is 16.0 Å². The summed E-state index contributed by atoms with van der Waals surface area (Å²) in [6.45, 7) is -0.483. The van der Waals surface area contributed by atoms with Gasteiger partial charge in [0.2, 0.25) is 23.6 Å². The molecule has 35 heavy (non-hydrogen) atoms. The molecule has 0 aromatic heterocycles. The molecule has 4 amide bonds. The molecule has 0 saturated carbocycles. The second-order valence-corrected chi connectivity index (χ2v) is 8.53. The molecule has 15 nitrogen and oxygen atoms in total. The summed E-state index contributed by atoms with van der Waals surface area (Å²) in [6, 6.07) is -4.95. The van der Waals surface area contributed by atoms with Crippen molar-refractivity contribution in [2.75, 3.05) is 25.2 Å². The zero-order valence-corrected chi connectivity index (χ0v) is 20.4. The largest absolute Gasteiger partial charge is 0.480 e. The Morgan fingerprint density at radius 2 is 1.43 bits per heavy atom. The van der Waals surface area contributed by atoms with E-state index in [0.29, 0.717) is 5.75 Å². The van der Waals surface area contributed by atoms with Crippen molar-refractivity contribution >= 4 is 47.3 Å². The summed E-state index contributed by atoms with van der Waals surface area (Å²) in [6.07, 6.45) is 1.76.